The number of hydrogen-bond donors (Lipinski definition) is 0. The Morgan fingerprint density at radius 3 is 2.85 bits per heavy atom. The van der Waals surface area contributed by atoms with E-state index in [0.29, 0.717) is 12.2 Å². The van der Waals surface area contributed by atoms with Gasteiger partial charge in [-0.15, -0.1) is 0 Å². The minimum atomic E-state index is 0.374. The van der Waals surface area contributed by atoms with Gasteiger partial charge in [0.25, 0.3) is 0 Å². The van der Waals surface area contributed by atoms with Crippen molar-refractivity contribution in [2.75, 3.05) is 0 Å². The van der Waals surface area contributed by atoms with Gasteiger partial charge in [-0.2, -0.15) is 0 Å². The van der Waals surface area contributed by atoms with Crippen molar-refractivity contribution in [1.82, 2.24) is 0 Å². The first kappa shape index (κ1) is 8.95. The van der Waals surface area contributed by atoms with Crippen LogP contribution < -0.4 is 0 Å². The van der Waals surface area contributed by atoms with Crippen molar-refractivity contribution >= 4 is 21.7 Å². The largest absolute Gasteiger partial charge is 0.299 e. The quantitative estimate of drug-likeness (QED) is 0.688. The second-order valence-electron chi connectivity index (χ2n) is 3.45. The molecule has 0 radical (unpaired) electrons. The van der Waals surface area contributed by atoms with Crippen molar-refractivity contribution in [2.24, 2.45) is 0 Å². The molecule has 2 heteroatoms. The summed E-state index contributed by atoms with van der Waals surface area (Å²) in [5.74, 6) is 0.374. The number of ketones is 1. The number of hydrogen-bond acceptors (Lipinski definition) is 1. The molecular weight excluding hydrogens is 228 g/mol. The topological polar surface area (TPSA) is 17.1 Å². The highest BCUT2D eigenvalue weighted by atomic mass is 79.9. The van der Waals surface area contributed by atoms with Gasteiger partial charge in [0, 0.05) is 18.2 Å². The van der Waals surface area contributed by atoms with Crippen LogP contribution in [0.4, 0.5) is 0 Å². The van der Waals surface area contributed by atoms with E-state index in [9.17, 15) is 4.79 Å². The van der Waals surface area contributed by atoms with Crippen molar-refractivity contribution in [2.45, 2.75) is 24.6 Å². The first-order valence-corrected chi connectivity index (χ1v) is 5.60. The van der Waals surface area contributed by atoms with E-state index in [0.717, 1.165) is 18.2 Å². The molecule has 0 bridgehead atoms. The van der Waals surface area contributed by atoms with E-state index >= 15 is 0 Å². The predicted molar refractivity (Wildman–Crippen MR) is 56.1 cm³/mol. The molecular formula is C11H11BrO. The van der Waals surface area contributed by atoms with E-state index in [1.54, 1.807) is 0 Å². The van der Waals surface area contributed by atoms with Crippen LogP contribution in [-0.2, 0) is 23.0 Å². The van der Waals surface area contributed by atoms with Crippen LogP contribution in [0.3, 0.4) is 0 Å². The van der Waals surface area contributed by atoms with Gasteiger partial charge >= 0.3 is 0 Å². The molecule has 13 heavy (non-hydrogen) atoms. The van der Waals surface area contributed by atoms with Crippen molar-refractivity contribution in [3.63, 3.8) is 0 Å². The number of halogens is 1. The monoisotopic (exact) mass is 238 g/mol. The standard InChI is InChI=1S/C11H11BrO/c12-7-8-1-2-10-6-11(13)4-3-9(10)5-8/h1-2,5H,3-4,6-7H2. The maximum atomic E-state index is 11.2. The van der Waals surface area contributed by atoms with E-state index in [4.69, 9.17) is 0 Å². The number of Topliss-reactive ketones (excluding diaryl/α,β-unsaturated/α-hetero) is 1. The lowest BCUT2D eigenvalue weighted by molar-refractivity contribution is -0.118. The molecule has 1 aromatic rings. The van der Waals surface area contributed by atoms with Gasteiger partial charge in [0.15, 0.2) is 0 Å². The highest BCUT2D eigenvalue weighted by Crippen LogP contribution is 2.21. The number of carbonyl (C=O) groups is 1. The fraction of sp³-hybridized carbons (Fsp3) is 0.364. The normalized spacial score (nSPS) is 15.6. The number of aryl methyl sites for hydroxylation is 1. The summed E-state index contributed by atoms with van der Waals surface area (Å²) in [6, 6.07) is 6.38. The Kier molecular flexibility index (Phi) is 2.49. The molecule has 0 aliphatic heterocycles. The summed E-state index contributed by atoms with van der Waals surface area (Å²) in [6.45, 7) is 0. The Morgan fingerprint density at radius 2 is 2.08 bits per heavy atom. The zero-order valence-electron chi connectivity index (χ0n) is 7.35. The lowest BCUT2D eigenvalue weighted by Crippen LogP contribution is -2.13. The minimum absolute atomic E-state index is 0.374. The Labute approximate surface area is 86.3 Å². The summed E-state index contributed by atoms with van der Waals surface area (Å²) in [7, 11) is 0. The fourth-order valence-corrected chi connectivity index (χ4v) is 2.09. The number of fused-ring (bicyclic) bond motifs is 1. The molecule has 1 aromatic carbocycles. The van der Waals surface area contributed by atoms with Crippen LogP contribution in [0.1, 0.15) is 23.1 Å². The second-order valence-corrected chi connectivity index (χ2v) is 4.01. The predicted octanol–water partition coefficient (Wildman–Crippen LogP) is 2.64. The summed E-state index contributed by atoms with van der Waals surface area (Å²) >= 11 is 3.43. The van der Waals surface area contributed by atoms with Crippen LogP contribution in [0.25, 0.3) is 0 Å². The van der Waals surface area contributed by atoms with Crippen LogP contribution >= 0.6 is 15.9 Å². The fourth-order valence-electron chi connectivity index (χ4n) is 1.74. The Hall–Kier alpha value is -0.630. The van der Waals surface area contributed by atoms with E-state index in [-0.39, 0.29) is 0 Å². The second kappa shape index (κ2) is 3.62. The third-order valence-electron chi connectivity index (χ3n) is 2.49. The smallest absolute Gasteiger partial charge is 0.137 e. The SMILES string of the molecule is O=C1CCc2cc(CBr)ccc2C1. The van der Waals surface area contributed by atoms with Gasteiger partial charge < -0.3 is 0 Å². The molecule has 0 atom stereocenters. The minimum Gasteiger partial charge on any atom is -0.299 e. The molecule has 1 nitrogen and oxygen atoms in total. The highest BCUT2D eigenvalue weighted by molar-refractivity contribution is 9.08. The lowest BCUT2D eigenvalue weighted by Gasteiger charge is -2.15. The molecule has 0 saturated carbocycles. The maximum absolute atomic E-state index is 11.2. The van der Waals surface area contributed by atoms with Crippen LogP contribution in [0, 0.1) is 0 Å². The zero-order chi connectivity index (χ0) is 9.26. The average Bonchev–Trinajstić information content (AvgIpc) is 2.17. The van der Waals surface area contributed by atoms with Gasteiger partial charge in [-0.25, -0.2) is 0 Å². The molecule has 0 unspecified atom stereocenters. The van der Waals surface area contributed by atoms with Crippen LogP contribution in [0.2, 0.25) is 0 Å². The molecule has 0 fully saturated rings. The van der Waals surface area contributed by atoms with Crippen molar-refractivity contribution in [3.8, 4) is 0 Å². The third kappa shape index (κ3) is 1.83. The molecule has 1 aliphatic rings. The summed E-state index contributed by atoms with van der Waals surface area (Å²) in [5.41, 5.74) is 3.88. The molecule has 0 aromatic heterocycles. The molecule has 2 rings (SSSR count). The van der Waals surface area contributed by atoms with Gasteiger partial charge in [-0.1, -0.05) is 34.1 Å². The van der Waals surface area contributed by atoms with Gasteiger partial charge in [0.2, 0.25) is 0 Å². The lowest BCUT2D eigenvalue weighted by atomic mass is 9.90. The molecule has 0 saturated heterocycles. The van der Waals surface area contributed by atoms with Gasteiger partial charge in [-0.05, 0) is 23.1 Å². The summed E-state index contributed by atoms with van der Waals surface area (Å²) < 4.78 is 0. The molecule has 1 aliphatic carbocycles. The van der Waals surface area contributed by atoms with Crippen molar-refractivity contribution in [1.29, 1.82) is 0 Å². The van der Waals surface area contributed by atoms with E-state index in [2.05, 4.69) is 34.1 Å². The first-order valence-electron chi connectivity index (χ1n) is 4.48. The first-order chi connectivity index (χ1) is 6.29. The molecule has 0 heterocycles. The molecule has 68 valence electrons. The van der Waals surface area contributed by atoms with Crippen LogP contribution in [0.5, 0.6) is 0 Å². The number of carbonyl (C=O) groups excluding carboxylic acids is 1. The Balaban J connectivity index is 2.36. The number of alkyl halides is 1. The maximum Gasteiger partial charge on any atom is 0.137 e. The van der Waals surface area contributed by atoms with Crippen molar-refractivity contribution < 1.29 is 4.79 Å². The summed E-state index contributed by atoms with van der Waals surface area (Å²) in [4.78, 5) is 11.2. The average molecular weight is 239 g/mol. The van der Waals surface area contributed by atoms with Gasteiger partial charge in [0.05, 0.1) is 0 Å². The highest BCUT2D eigenvalue weighted by Gasteiger charge is 2.14. The molecule has 0 amide bonds. The number of rotatable bonds is 1. The van der Waals surface area contributed by atoms with E-state index in [1.807, 2.05) is 0 Å². The third-order valence-corrected chi connectivity index (χ3v) is 3.13. The Bertz CT molecular complexity index is 344. The number of benzene rings is 1. The van der Waals surface area contributed by atoms with E-state index < -0.39 is 0 Å². The van der Waals surface area contributed by atoms with Gasteiger partial charge in [0.1, 0.15) is 5.78 Å². The molecule has 0 N–H and O–H groups in total. The molecule has 0 spiro atoms. The Morgan fingerprint density at radius 1 is 1.23 bits per heavy atom. The van der Waals surface area contributed by atoms with Crippen LogP contribution in [0.15, 0.2) is 18.2 Å². The van der Waals surface area contributed by atoms with Gasteiger partial charge in [-0.3, -0.25) is 4.79 Å². The summed E-state index contributed by atoms with van der Waals surface area (Å²) in [6.07, 6.45) is 2.28. The van der Waals surface area contributed by atoms with E-state index in [1.165, 1.54) is 16.7 Å². The van der Waals surface area contributed by atoms with Crippen LogP contribution in [-0.4, -0.2) is 5.78 Å². The van der Waals surface area contributed by atoms with Crippen molar-refractivity contribution in [3.05, 3.63) is 34.9 Å². The zero-order valence-corrected chi connectivity index (χ0v) is 8.93. The summed E-state index contributed by atoms with van der Waals surface area (Å²) in [5, 5.41) is 0.897.